The van der Waals surface area contributed by atoms with Gasteiger partial charge >= 0.3 is 0 Å². The molecular weight excluding hydrogens is 260 g/mol. The predicted octanol–water partition coefficient (Wildman–Crippen LogP) is 2.67. The van der Waals surface area contributed by atoms with Gasteiger partial charge in [-0.05, 0) is 49.5 Å². The lowest BCUT2D eigenvalue weighted by Crippen LogP contribution is -2.44. The third-order valence-corrected chi connectivity index (χ3v) is 5.85. The van der Waals surface area contributed by atoms with E-state index in [1.54, 1.807) is 0 Å². The molecule has 3 aliphatic rings. The van der Waals surface area contributed by atoms with Crippen molar-refractivity contribution in [2.75, 3.05) is 31.3 Å². The fourth-order valence-corrected chi connectivity index (χ4v) is 4.83. The molecule has 4 heteroatoms. The molecule has 0 aromatic rings. The Bertz CT molecular complexity index is 314. The third-order valence-electron chi connectivity index (χ3n) is 4.87. The minimum atomic E-state index is 0.0377. The van der Waals surface area contributed by atoms with E-state index in [2.05, 4.69) is 0 Å². The van der Waals surface area contributed by atoms with Crippen molar-refractivity contribution in [1.82, 2.24) is 0 Å². The van der Waals surface area contributed by atoms with Crippen molar-refractivity contribution in [2.45, 2.75) is 44.1 Å². The van der Waals surface area contributed by atoms with E-state index in [1.807, 2.05) is 11.8 Å². The Kier molecular flexibility index (Phi) is 4.50. The molecule has 2 atom stereocenters. The minimum absolute atomic E-state index is 0.0377. The second-order valence-electron chi connectivity index (χ2n) is 6.23. The van der Waals surface area contributed by atoms with Crippen LogP contribution in [0.2, 0.25) is 0 Å². The Hall–Kier alpha value is -0.0600. The van der Waals surface area contributed by atoms with Crippen LogP contribution >= 0.6 is 11.8 Å². The van der Waals surface area contributed by atoms with Gasteiger partial charge < -0.3 is 9.47 Å². The van der Waals surface area contributed by atoms with E-state index < -0.39 is 0 Å². The number of rotatable bonds is 3. The van der Waals surface area contributed by atoms with Gasteiger partial charge in [-0.3, -0.25) is 4.79 Å². The highest BCUT2D eigenvalue weighted by Gasteiger charge is 2.41. The van der Waals surface area contributed by atoms with E-state index in [-0.39, 0.29) is 11.5 Å². The highest BCUT2D eigenvalue weighted by molar-refractivity contribution is 7.99. The smallest absolute Gasteiger partial charge is 0.136 e. The van der Waals surface area contributed by atoms with Crippen molar-refractivity contribution in [3.63, 3.8) is 0 Å². The summed E-state index contributed by atoms with van der Waals surface area (Å²) in [5.41, 5.74) is 0.0377. The standard InChI is InChI=1S/C15H24O3S/c16-14(9-12-1-5-17-11-12)13-2-6-18-15(10-13)3-7-19-8-4-15/h12-13H,1-11H2. The largest absolute Gasteiger partial charge is 0.381 e. The maximum atomic E-state index is 12.5. The number of ether oxygens (including phenoxy) is 2. The monoisotopic (exact) mass is 284 g/mol. The summed E-state index contributed by atoms with van der Waals surface area (Å²) in [5, 5.41) is 0. The van der Waals surface area contributed by atoms with Crippen LogP contribution in [0.25, 0.3) is 0 Å². The zero-order valence-electron chi connectivity index (χ0n) is 11.6. The number of ketones is 1. The Morgan fingerprint density at radius 1 is 1.21 bits per heavy atom. The number of hydrogen-bond acceptors (Lipinski definition) is 4. The Balaban J connectivity index is 1.56. The van der Waals surface area contributed by atoms with Gasteiger partial charge in [-0.25, -0.2) is 0 Å². The van der Waals surface area contributed by atoms with E-state index in [9.17, 15) is 4.79 Å². The third kappa shape index (κ3) is 3.34. The molecule has 108 valence electrons. The molecule has 3 heterocycles. The Morgan fingerprint density at radius 3 is 2.79 bits per heavy atom. The van der Waals surface area contributed by atoms with Crippen LogP contribution in [0.4, 0.5) is 0 Å². The van der Waals surface area contributed by atoms with Crippen LogP contribution in [0.5, 0.6) is 0 Å². The van der Waals surface area contributed by atoms with E-state index >= 15 is 0 Å². The maximum Gasteiger partial charge on any atom is 0.136 e. The van der Waals surface area contributed by atoms with Crippen LogP contribution < -0.4 is 0 Å². The fourth-order valence-electron chi connectivity index (χ4n) is 3.59. The topological polar surface area (TPSA) is 35.5 Å². The zero-order valence-corrected chi connectivity index (χ0v) is 12.4. The van der Waals surface area contributed by atoms with Crippen LogP contribution in [0, 0.1) is 11.8 Å². The Labute approximate surface area is 119 Å². The lowest BCUT2D eigenvalue weighted by molar-refractivity contribution is -0.139. The summed E-state index contributed by atoms with van der Waals surface area (Å²) in [6.07, 6.45) is 5.97. The molecule has 0 bridgehead atoms. The highest BCUT2D eigenvalue weighted by Crippen LogP contribution is 2.40. The summed E-state index contributed by atoms with van der Waals surface area (Å²) in [6.45, 7) is 2.41. The fraction of sp³-hybridized carbons (Fsp3) is 0.933. The van der Waals surface area contributed by atoms with Gasteiger partial charge in [-0.2, -0.15) is 11.8 Å². The second-order valence-corrected chi connectivity index (χ2v) is 7.46. The average Bonchev–Trinajstić information content (AvgIpc) is 2.92. The SMILES string of the molecule is O=C(CC1CCOC1)C1CCOC2(CCSCC2)C1. The van der Waals surface area contributed by atoms with Gasteiger partial charge in [0.1, 0.15) is 5.78 Å². The van der Waals surface area contributed by atoms with Crippen molar-refractivity contribution >= 4 is 17.5 Å². The number of hydrogen-bond donors (Lipinski definition) is 0. The molecule has 3 fully saturated rings. The summed E-state index contributed by atoms with van der Waals surface area (Å²) >= 11 is 2.02. The molecule has 0 radical (unpaired) electrons. The zero-order chi connectivity index (χ0) is 13.1. The lowest BCUT2D eigenvalue weighted by atomic mass is 9.78. The summed E-state index contributed by atoms with van der Waals surface area (Å²) < 4.78 is 11.4. The van der Waals surface area contributed by atoms with Gasteiger partial charge in [-0.1, -0.05) is 0 Å². The van der Waals surface area contributed by atoms with Crippen molar-refractivity contribution in [2.24, 2.45) is 11.8 Å². The number of thioether (sulfide) groups is 1. The molecular formula is C15H24O3S. The molecule has 3 aliphatic heterocycles. The van der Waals surface area contributed by atoms with Gasteiger partial charge in [0, 0.05) is 32.2 Å². The van der Waals surface area contributed by atoms with Gasteiger partial charge in [0.15, 0.2) is 0 Å². The number of Topliss-reactive ketones (excluding diaryl/α,β-unsaturated/α-hetero) is 1. The molecule has 3 saturated heterocycles. The van der Waals surface area contributed by atoms with E-state index in [0.717, 1.165) is 58.3 Å². The molecule has 0 aliphatic carbocycles. The number of carbonyl (C=O) groups excluding carboxylic acids is 1. The molecule has 2 unspecified atom stereocenters. The summed E-state index contributed by atoms with van der Waals surface area (Å²) in [6, 6.07) is 0. The van der Waals surface area contributed by atoms with Gasteiger partial charge in [0.2, 0.25) is 0 Å². The van der Waals surface area contributed by atoms with Gasteiger partial charge in [0.25, 0.3) is 0 Å². The highest BCUT2D eigenvalue weighted by atomic mass is 32.2. The number of carbonyl (C=O) groups is 1. The first-order valence-electron chi connectivity index (χ1n) is 7.60. The van der Waals surface area contributed by atoms with Crippen LogP contribution in [-0.2, 0) is 14.3 Å². The minimum Gasteiger partial charge on any atom is -0.381 e. The van der Waals surface area contributed by atoms with E-state index in [0.29, 0.717) is 11.7 Å². The van der Waals surface area contributed by atoms with Crippen molar-refractivity contribution in [1.29, 1.82) is 0 Å². The first-order valence-corrected chi connectivity index (χ1v) is 8.75. The second kappa shape index (κ2) is 6.15. The first-order chi connectivity index (χ1) is 9.27. The lowest BCUT2D eigenvalue weighted by Gasteiger charge is -2.43. The summed E-state index contributed by atoms with van der Waals surface area (Å²) in [5.74, 6) is 3.58. The van der Waals surface area contributed by atoms with Gasteiger partial charge in [-0.15, -0.1) is 0 Å². The molecule has 3 rings (SSSR count). The maximum absolute atomic E-state index is 12.5. The quantitative estimate of drug-likeness (QED) is 0.798. The van der Waals surface area contributed by atoms with E-state index in [1.165, 1.54) is 11.5 Å². The molecule has 3 nitrogen and oxygen atoms in total. The first kappa shape index (κ1) is 13.9. The van der Waals surface area contributed by atoms with Gasteiger partial charge in [0.05, 0.1) is 5.60 Å². The molecule has 0 saturated carbocycles. The molecule has 1 spiro atoms. The van der Waals surface area contributed by atoms with Crippen molar-refractivity contribution in [3.8, 4) is 0 Å². The normalized spacial score (nSPS) is 34.5. The molecule has 0 N–H and O–H groups in total. The van der Waals surface area contributed by atoms with Crippen LogP contribution in [0.1, 0.15) is 38.5 Å². The average molecular weight is 284 g/mol. The van der Waals surface area contributed by atoms with E-state index in [4.69, 9.17) is 9.47 Å². The summed E-state index contributed by atoms with van der Waals surface area (Å²) in [7, 11) is 0. The van der Waals surface area contributed by atoms with Crippen molar-refractivity contribution < 1.29 is 14.3 Å². The predicted molar refractivity (Wildman–Crippen MR) is 76.5 cm³/mol. The molecule has 0 aromatic carbocycles. The van der Waals surface area contributed by atoms with Crippen LogP contribution in [0.3, 0.4) is 0 Å². The van der Waals surface area contributed by atoms with Crippen LogP contribution in [0.15, 0.2) is 0 Å². The molecule has 0 aromatic heterocycles. The van der Waals surface area contributed by atoms with Crippen molar-refractivity contribution in [3.05, 3.63) is 0 Å². The molecule has 19 heavy (non-hydrogen) atoms. The Morgan fingerprint density at radius 2 is 2.05 bits per heavy atom. The van der Waals surface area contributed by atoms with Crippen LogP contribution in [-0.4, -0.2) is 42.7 Å². The summed E-state index contributed by atoms with van der Waals surface area (Å²) in [4.78, 5) is 12.5. The molecule has 0 amide bonds.